The number of aromatic nitrogens is 3. The lowest BCUT2D eigenvalue weighted by Crippen LogP contribution is -2.47. The Balaban J connectivity index is 0.000000616. The van der Waals surface area contributed by atoms with E-state index >= 15 is 0 Å². The van der Waals surface area contributed by atoms with Gasteiger partial charge in [-0.3, -0.25) is 14.6 Å². The van der Waals surface area contributed by atoms with Crippen LogP contribution in [0.25, 0.3) is 0 Å². The number of piperazine rings is 1. The maximum atomic E-state index is 13.9. The number of amides is 1. The number of likely N-dealkylation sites (N-methyl/N-ethyl adjacent to an activating group) is 1. The zero-order valence-corrected chi connectivity index (χ0v) is 23.9. The van der Waals surface area contributed by atoms with Crippen molar-refractivity contribution in [1.82, 2.24) is 24.3 Å². The smallest absolute Gasteiger partial charge is 0.487 e. The number of hydrogen-bond acceptors (Lipinski definition) is 7. The molecule has 0 radical (unpaired) electrons. The maximum absolute atomic E-state index is 13.9. The van der Waals surface area contributed by atoms with Crippen molar-refractivity contribution < 1.29 is 41.4 Å². The van der Waals surface area contributed by atoms with E-state index in [1.807, 2.05) is 7.05 Å². The van der Waals surface area contributed by atoms with Gasteiger partial charge < -0.3 is 24.2 Å². The number of rotatable bonds is 6. The fourth-order valence-electron chi connectivity index (χ4n) is 3.69. The van der Waals surface area contributed by atoms with Gasteiger partial charge >= 0.3 is 12.1 Å². The summed E-state index contributed by atoms with van der Waals surface area (Å²) >= 11 is 3.26. The SMILES string of the molecule is Cc1cc(OCc2ccc(F)cc2F)c(Br)c(=O)n1Cc1cnc(C(=O)N2CCN(C)CC2)cn1.O=C(O)C(F)(F)F. The molecule has 0 atom stereocenters. The molecule has 1 amide bonds. The number of ether oxygens (including phenoxy) is 1. The minimum absolute atomic E-state index is 0.145. The molecule has 3 aromatic rings. The number of carbonyl (C=O) groups is 2. The Kier molecular flexibility index (Phi) is 10.7. The number of carboxylic acid groups (broad SMARTS) is 1. The van der Waals surface area contributed by atoms with E-state index < -0.39 is 23.8 Å². The largest absolute Gasteiger partial charge is 0.490 e. The van der Waals surface area contributed by atoms with Crippen LogP contribution in [-0.4, -0.2) is 80.7 Å². The highest BCUT2D eigenvalue weighted by Crippen LogP contribution is 2.24. The topological polar surface area (TPSA) is 118 Å². The van der Waals surface area contributed by atoms with Crippen molar-refractivity contribution in [2.75, 3.05) is 33.2 Å². The van der Waals surface area contributed by atoms with Gasteiger partial charge in [0, 0.05) is 49.6 Å². The first kappa shape index (κ1) is 32.6. The Morgan fingerprint density at radius 3 is 2.26 bits per heavy atom. The molecule has 1 saturated heterocycles. The van der Waals surface area contributed by atoms with Crippen molar-refractivity contribution in [3.8, 4) is 5.75 Å². The second kappa shape index (κ2) is 13.8. The summed E-state index contributed by atoms with van der Waals surface area (Å²) in [6.45, 7) is 4.62. The van der Waals surface area contributed by atoms with Gasteiger partial charge in [0.25, 0.3) is 11.5 Å². The monoisotopic (exact) mass is 661 g/mol. The first-order chi connectivity index (χ1) is 19.7. The van der Waals surface area contributed by atoms with Crippen molar-refractivity contribution in [3.05, 3.63) is 85.8 Å². The van der Waals surface area contributed by atoms with Crippen molar-refractivity contribution in [3.63, 3.8) is 0 Å². The third-order valence-electron chi connectivity index (χ3n) is 6.09. The van der Waals surface area contributed by atoms with Crippen LogP contribution in [0.5, 0.6) is 5.75 Å². The molecule has 226 valence electrons. The van der Waals surface area contributed by atoms with Gasteiger partial charge in [-0.05, 0) is 42.0 Å². The van der Waals surface area contributed by atoms with E-state index in [1.165, 1.54) is 23.0 Å². The number of benzene rings is 1. The Morgan fingerprint density at radius 2 is 1.71 bits per heavy atom. The second-order valence-electron chi connectivity index (χ2n) is 9.17. The van der Waals surface area contributed by atoms with Crippen LogP contribution in [0.1, 0.15) is 27.4 Å². The van der Waals surface area contributed by atoms with Gasteiger partial charge in [0.15, 0.2) is 0 Å². The van der Waals surface area contributed by atoms with Gasteiger partial charge in [-0.15, -0.1) is 0 Å². The zero-order chi connectivity index (χ0) is 31.2. The lowest BCUT2D eigenvalue weighted by molar-refractivity contribution is -0.192. The quantitative estimate of drug-likeness (QED) is 0.398. The number of nitrogens with zero attached hydrogens (tertiary/aromatic N) is 5. The molecule has 16 heteroatoms. The molecule has 4 rings (SSSR count). The van der Waals surface area contributed by atoms with Crippen molar-refractivity contribution in [2.24, 2.45) is 0 Å². The highest BCUT2D eigenvalue weighted by molar-refractivity contribution is 9.10. The van der Waals surface area contributed by atoms with Crippen LogP contribution < -0.4 is 10.3 Å². The number of pyridine rings is 1. The summed E-state index contributed by atoms with van der Waals surface area (Å²) in [5, 5.41) is 7.12. The Bertz CT molecular complexity index is 1490. The lowest BCUT2D eigenvalue weighted by Gasteiger charge is -2.32. The van der Waals surface area contributed by atoms with Crippen molar-refractivity contribution in [1.29, 1.82) is 0 Å². The van der Waals surface area contributed by atoms with Crippen LogP contribution in [0.4, 0.5) is 22.0 Å². The van der Waals surface area contributed by atoms with E-state index in [9.17, 15) is 31.5 Å². The van der Waals surface area contributed by atoms with Crippen LogP contribution in [-0.2, 0) is 17.9 Å². The Hall–Kier alpha value is -3.92. The number of aryl methyl sites for hydroxylation is 1. The van der Waals surface area contributed by atoms with Crippen molar-refractivity contribution in [2.45, 2.75) is 26.3 Å². The molecule has 0 unspecified atom stereocenters. The number of carbonyl (C=O) groups excluding carboxylic acids is 1. The van der Waals surface area contributed by atoms with E-state index in [-0.39, 0.29) is 46.1 Å². The molecule has 10 nitrogen and oxygen atoms in total. The molecule has 3 heterocycles. The first-order valence-electron chi connectivity index (χ1n) is 12.2. The van der Waals surface area contributed by atoms with Gasteiger partial charge in [0.1, 0.15) is 34.2 Å². The summed E-state index contributed by atoms with van der Waals surface area (Å²) < 4.78 is 66.0. The highest BCUT2D eigenvalue weighted by Gasteiger charge is 2.38. The summed E-state index contributed by atoms with van der Waals surface area (Å²) in [7, 11) is 2.02. The summed E-state index contributed by atoms with van der Waals surface area (Å²) in [5.41, 5.74) is 1.17. The van der Waals surface area contributed by atoms with Gasteiger partial charge in [-0.25, -0.2) is 18.6 Å². The van der Waals surface area contributed by atoms with E-state index in [2.05, 4.69) is 30.8 Å². The third kappa shape index (κ3) is 8.55. The predicted octanol–water partition coefficient (Wildman–Crippen LogP) is 3.64. The minimum Gasteiger partial charge on any atom is -0.487 e. The molecular weight excluding hydrogens is 637 g/mol. The molecule has 0 aliphatic carbocycles. The molecule has 1 aliphatic heterocycles. The first-order valence-corrected chi connectivity index (χ1v) is 13.0. The van der Waals surface area contributed by atoms with Gasteiger partial charge in [-0.2, -0.15) is 13.2 Å². The summed E-state index contributed by atoms with van der Waals surface area (Å²) in [6, 6.07) is 4.86. The molecule has 0 bridgehead atoms. The Labute approximate surface area is 244 Å². The molecule has 0 spiro atoms. The molecule has 0 saturated carbocycles. The second-order valence-corrected chi connectivity index (χ2v) is 9.96. The number of carboxylic acids is 1. The van der Waals surface area contributed by atoms with E-state index in [4.69, 9.17) is 14.6 Å². The average molecular weight is 662 g/mol. The molecular formula is C26H25BrF5N5O5. The summed E-state index contributed by atoms with van der Waals surface area (Å²) in [6.07, 6.45) is -2.16. The van der Waals surface area contributed by atoms with Crippen LogP contribution in [0.2, 0.25) is 0 Å². The van der Waals surface area contributed by atoms with Crippen LogP contribution in [0, 0.1) is 18.6 Å². The minimum atomic E-state index is -5.08. The predicted molar refractivity (Wildman–Crippen MR) is 142 cm³/mol. The fourth-order valence-corrected chi connectivity index (χ4v) is 4.13. The van der Waals surface area contributed by atoms with Crippen LogP contribution >= 0.6 is 15.9 Å². The number of hydrogen-bond donors (Lipinski definition) is 1. The van der Waals surface area contributed by atoms with Gasteiger partial charge in [0.05, 0.1) is 24.6 Å². The van der Waals surface area contributed by atoms with Crippen LogP contribution in [0.3, 0.4) is 0 Å². The maximum Gasteiger partial charge on any atom is 0.490 e. The van der Waals surface area contributed by atoms with E-state index in [1.54, 1.807) is 17.9 Å². The van der Waals surface area contributed by atoms with Gasteiger partial charge in [-0.1, -0.05) is 0 Å². The Morgan fingerprint density at radius 1 is 1.07 bits per heavy atom. The molecule has 1 aromatic carbocycles. The zero-order valence-electron chi connectivity index (χ0n) is 22.3. The molecule has 42 heavy (non-hydrogen) atoms. The van der Waals surface area contributed by atoms with Crippen molar-refractivity contribution >= 4 is 27.8 Å². The van der Waals surface area contributed by atoms with E-state index in [0.717, 1.165) is 25.2 Å². The molecule has 1 fully saturated rings. The third-order valence-corrected chi connectivity index (χ3v) is 6.82. The molecule has 1 N–H and O–H groups in total. The average Bonchev–Trinajstić information content (AvgIpc) is 2.93. The normalized spacial score (nSPS) is 13.8. The highest BCUT2D eigenvalue weighted by atomic mass is 79.9. The van der Waals surface area contributed by atoms with Gasteiger partial charge in [0.2, 0.25) is 0 Å². The fraction of sp³-hybridized carbons (Fsp3) is 0.346. The summed E-state index contributed by atoms with van der Waals surface area (Å²) in [5.74, 6) is -4.07. The number of alkyl halides is 3. The summed E-state index contributed by atoms with van der Waals surface area (Å²) in [4.78, 5) is 47.0. The lowest BCUT2D eigenvalue weighted by atomic mass is 10.2. The molecule has 1 aliphatic rings. The standard InChI is InChI=1S/C24H24BrF2N5O3.C2HF3O2/c1-15-9-21(35-14-16-3-4-17(26)10-19(16)27)22(25)24(34)32(15)13-18-11-29-20(12-28-18)23(33)31-7-5-30(2)6-8-31;3-2(4,5)1(6)7/h3-4,9-12H,5-8,13-14H2,1-2H3;(H,6,7). The molecule has 2 aromatic heterocycles. The number of halogens is 6. The number of aliphatic carboxylic acids is 1. The van der Waals surface area contributed by atoms with E-state index in [0.29, 0.717) is 24.5 Å². The van der Waals surface area contributed by atoms with Crippen LogP contribution in [0.15, 0.2) is 45.9 Å².